The first kappa shape index (κ1) is 17.8. The summed E-state index contributed by atoms with van der Waals surface area (Å²) in [4.78, 5) is 22.5. The number of nitrogens with two attached hydrogens (primary N) is 1. The lowest BCUT2D eigenvalue weighted by Crippen LogP contribution is -2.88. The van der Waals surface area contributed by atoms with E-state index < -0.39 is 6.61 Å². The molecule has 6 nitrogen and oxygen atoms in total. The SMILES string of the molecule is CNC(=O)C[NH2+]CC(=O)NCCc1ccc(OC(F)F)cc1. The molecule has 8 heteroatoms. The molecule has 0 aliphatic heterocycles. The zero-order valence-corrected chi connectivity index (χ0v) is 12.3. The summed E-state index contributed by atoms with van der Waals surface area (Å²) in [6.45, 7) is -2.03. The minimum atomic E-state index is -2.84. The Bertz CT molecular complexity index is 481. The molecule has 0 saturated carbocycles. The van der Waals surface area contributed by atoms with Crippen molar-refractivity contribution >= 4 is 11.8 Å². The van der Waals surface area contributed by atoms with Gasteiger partial charge in [0, 0.05) is 13.6 Å². The fraction of sp³-hybridized carbons (Fsp3) is 0.429. The Labute approximate surface area is 127 Å². The highest BCUT2D eigenvalue weighted by atomic mass is 19.3. The zero-order valence-electron chi connectivity index (χ0n) is 12.3. The smallest absolute Gasteiger partial charge is 0.387 e. The summed E-state index contributed by atoms with van der Waals surface area (Å²) in [6.07, 6.45) is 0.580. The Kier molecular flexibility index (Phi) is 7.84. The number of likely N-dealkylation sites (N-methyl/N-ethyl adjacent to an activating group) is 1. The minimum Gasteiger partial charge on any atom is -0.435 e. The van der Waals surface area contributed by atoms with Crippen molar-refractivity contribution in [2.45, 2.75) is 13.0 Å². The van der Waals surface area contributed by atoms with Crippen molar-refractivity contribution in [3.05, 3.63) is 29.8 Å². The molecular weight excluding hydrogens is 296 g/mol. The average Bonchev–Trinajstić information content (AvgIpc) is 2.48. The summed E-state index contributed by atoms with van der Waals surface area (Å²) in [7, 11) is 1.54. The predicted octanol–water partition coefficient (Wildman–Crippen LogP) is -0.744. The Morgan fingerprint density at radius 3 is 2.41 bits per heavy atom. The molecule has 0 aromatic heterocycles. The normalized spacial score (nSPS) is 10.4. The monoisotopic (exact) mass is 316 g/mol. The van der Waals surface area contributed by atoms with Crippen molar-refractivity contribution in [3.63, 3.8) is 0 Å². The Hall–Kier alpha value is -2.22. The van der Waals surface area contributed by atoms with E-state index in [9.17, 15) is 18.4 Å². The number of carbonyl (C=O) groups excluding carboxylic acids is 2. The van der Waals surface area contributed by atoms with Crippen LogP contribution in [0.1, 0.15) is 5.56 Å². The summed E-state index contributed by atoms with van der Waals surface area (Å²) >= 11 is 0. The molecule has 0 heterocycles. The van der Waals surface area contributed by atoms with Gasteiger partial charge >= 0.3 is 6.61 Å². The number of hydrogen-bond donors (Lipinski definition) is 3. The van der Waals surface area contributed by atoms with Crippen LogP contribution in [-0.2, 0) is 16.0 Å². The number of quaternary nitrogens is 1. The van der Waals surface area contributed by atoms with Gasteiger partial charge < -0.3 is 20.7 Å². The molecule has 0 bridgehead atoms. The quantitative estimate of drug-likeness (QED) is 0.561. The molecule has 1 rings (SSSR count). The van der Waals surface area contributed by atoms with Crippen LogP contribution in [0.25, 0.3) is 0 Å². The van der Waals surface area contributed by atoms with Crippen molar-refractivity contribution in [1.29, 1.82) is 0 Å². The van der Waals surface area contributed by atoms with Gasteiger partial charge in [0.15, 0.2) is 13.1 Å². The number of alkyl halides is 2. The summed E-state index contributed by atoms with van der Waals surface area (Å²) in [6, 6.07) is 6.25. The number of hydrogen-bond acceptors (Lipinski definition) is 3. The second-order valence-electron chi connectivity index (χ2n) is 4.49. The van der Waals surface area contributed by atoms with E-state index in [1.54, 1.807) is 17.4 Å². The second kappa shape index (κ2) is 9.67. The van der Waals surface area contributed by atoms with Gasteiger partial charge in [-0.3, -0.25) is 9.59 Å². The molecule has 0 saturated heterocycles. The maximum absolute atomic E-state index is 12.0. The largest absolute Gasteiger partial charge is 0.435 e. The highest BCUT2D eigenvalue weighted by Crippen LogP contribution is 2.14. The van der Waals surface area contributed by atoms with Crippen LogP contribution in [0.5, 0.6) is 5.75 Å². The van der Waals surface area contributed by atoms with Gasteiger partial charge in [0.2, 0.25) is 0 Å². The number of ether oxygens (including phenoxy) is 1. The van der Waals surface area contributed by atoms with Crippen molar-refractivity contribution in [2.75, 3.05) is 26.7 Å². The molecule has 0 unspecified atom stereocenters. The highest BCUT2D eigenvalue weighted by Gasteiger charge is 2.06. The molecule has 122 valence electrons. The number of benzene rings is 1. The summed E-state index contributed by atoms with van der Waals surface area (Å²) in [5, 5.41) is 6.78. The van der Waals surface area contributed by atoms with Gasteiger partial charge in [-0.05, 0) is 24.1 Å². The molecule has 0 radical (unpaired) electrons. The third-order valence-electron chi connectivity index (χ3n) is 2.82. The standard InChI is InChI=1S/C14H19F2N3O3/c1-17-12(20)8-18-9-13(21)19-7-6-10-2-4-11(5-3-10)22-14(15)16/h2-5,14,18H,6-9H2,1H3,(H,17,20)(H,19,21)/p+1. The molecular formula is C14H20F2N3O3+. The first-order chi connectivity index (χ1) is 10.5. The molecule has 4 N–H and O–H groups in total. The van der Waals surface area contributed by atoms with E-state index in [1.807, 2.05) is 0 Å². The van der Waals surface area contributed by atoms with Gasteiger partial charge in [-0.25, -0.2) is 0 Å². The molecule has 2 amide bonds. The average molecular weight is 316 g/mol. The number of amides is 2. The third-order valence-corrected chi connectivity index (χ3v) is 2.82. The fourth-order valence-electron chi connectivity index (χ4n) is 1.69. The Morgan fingerprint density at radius 2 is 1.82 bits per heavy atom. The Morgan fingerprint density at radius 1 is 1.18 bits per heavy atom. The molecule has 0 fully saturated rings. The van der Waals surface area contributed by atoms with E-state index in [0.717, 1.165) is 5.56 Å². The number of nitrogens with one attached hydrogen (secondary N) is 2. The van der Waals surface area contributed by atoms with Crippen LogP contribution in [-0.4, -0.2) is 45.1 Å². The van der Waals surface area contributed by atoms with E-state index in [4.69, 9.17) is 0 Å². The van der Waals surface area contributed by atoms with E-state index in [0.29, 0.717) is 13.0 Å². The topological polar surface area (TPSA) is 84.0 Å². The van der Waals surface area contributed by atoms with E-state index in [1.165, 1.54) is 19.2 Å². The van der Waals surface area contributed by atoms with Crippen LogP contribution in [0.4, 0.5) is 8.78 Å². The first-order valence-corrected chi connectivity index (χ1v) is 6.84. The maximum atomic E-state index is 12.0. The lowest BCUT2D eigenvalue weighted by atomic mass is 10.1. The molecule has 1 aromatic carbocycles. The lowest BCUT2D eigenvalue weighted by Gasteiger charge is -2.07. The van der Waals surface area contributed by atoms with Crippen LogP contribution in [0.3, 0.4) is 0 Å². The summed E-state index contributed by atoms with van der Waals surface area (Å²) in [5.41, 5.74) is 0.899. The van der Waals surface area contributed by atoms with Crippen molar-refractivity contribution in [3.8, 4) is 5.75 Å². The van der Waals surface area contributed by atoms with Crippen LogP contribution in [0.2, 0.25) is 0 Å². The zero-order chi connectivity index (χ0) is 16.4. The fourth-order valence-corrected chi connectivity index (χ4v) is 1.69. The summed E-state index contributed by atoms with van der Waals surface area (Å²) in [5.74, 6) is -0.202. The molecule has 0 atom stereocenters. The summed E-state index contributed by atoms with van der Waals surface area (Å²) < 4.78 is 28.2. The molecule has 1 aromatic rings. The van der Waals surface area contributed by atoms with E-state index in [-0.39, 0.29) is 30.7 Å². The van der Waals surface area contributed by atoms with Crippen molar-refractivity contribution in [1.82, 2.24) is 10.6 Å². The predicted molar refractivity (Wildman–Crippen MR) is 75.5 cm³/mol. The van der Waals surface area contributed by atoms with Gasteiger partial charge in [0.1, 0.15) is 5.75 Å². The molecule has 0 aliphatic rings. The lowest BCUT2D eigenvalue weighted by molar-refractivity contribution is -0.633. The maximum Gasteiger partial charge on any atom is 0.387 e. The first-order valence-electron chi connectivity index (χ1n) is 6.84. The van der Waals surface area contributed by atoms with Crippen LogP contribution >= 0.6 is 0 Å². The number of rotatable bonds is 9. The van der Waals surface area contributed by atoms with Gasteiger partial charge in [-0.15, -0.1) is 0 Å². The van der Waals surface area contributed by atoms with Crippen molar-refractivity contribution in [2.24, 2.45) is 0 Å². The Balaban J connectivity index is 2.20. The minimum absolute atomic E-state index is 0.103. The van der Waals surface area contributed by atoms with Gasteiger partial charge in [-0.1, -0.05) is 12.1 Å². The number of halogens is 2. The number of carbonyl (C=O) groups is 2. The highest BCUT2D eigenvalue weighted by molar-refractivity contribution is 5.78. The van der Waals surface area contributed by atoms with Gasteiger partial charge in [-0.2, -0.15) is 8.78 Å². The molecule has 0 spiro atoms. The van der Waals surface area contributed by atoms with Gasteiger partial charge in [0.25, 0.3) is 11.8 Å². The van der Waals surface area contributed by atoms with E-state index >= 15 is 0 Å². The van der Waals surface area contributed by atoms with Crippen LogP contribution < -0.4 is 20.7 Å². The van der Waals surface area contributed by atoms with Crippen LogP contribution in [0.15, 0.2) is 24.3 Å². The van der Waals surface area contributed by atoms with Crippen molar-refractivity contribution < 1.29 is 28.4 Å². The molecule has 0 aliphatic carbocycles. The van der Waals surface area contributed by atoms with E-state index in [2.05, 4.69) is 15.4 Å². The van der Waals surface area contributed by atoms with Crippen LogP contribution in [0, 0.1) is 0 Å². The third kappa shape index (κ3) is 7.53. The van der Waals surface area contributed by atoms with Gasteiger partial charge in [0.05, 0.1) is 0 Å². The second-order valence-corrected chi connectivity index (χ2v) is 4.49. The molecule has 22 heavy (non-hydrogen) atoms.